The van der Waals surface area contributed by atoms with Gasteiger partial charge in [-0.05, 0) is 23.3 Å². The topological polar surface area (TPSA) is 76.1 Å². The zero-order valence-corrected chi connectivity index (χ0v) is 14.8. The molecule has 25 heavy (non-hydrogen) atoms. The molecule has 0 saturated heterocycles. The first-order valence-corrected chi connectivity index (χ1v) is 9.18. The third-order valence-corrected chi connectivity index (χ3v) is 5.51. The number of benzene rings is 1. The number of sulfone groups is 1. The summed E-state index contributed by atoms with van der Waals surface area (Å²) < 4.78 is 26.0. The molecule has 0 radical (unpaired) electrons. The van der Waals surface area contributed by atoms with Gasteiger partial charge in [-0.25, -0.2) is 18.4 Å². The van der Waals surface area contributed by atoms with Crippen LogP contribution in [0.25, 0.3) is 0 Å². The van der Waals surface area contributed by atoms with Crippen molar-refractivity contribution in [2.75, 3.05) is 19.0 Å². The van der Waals surface area contributed by atoms with Gasteiger partial charge >= 0.3 is 0 Å². The smallest absolute Gasteiger partial charge is 0.224 e. The number of hydrogen-bond acceptors (Lipinski definition) is 6. The van der Waals surface area contributed by atoms with E-state index in [2.05, 4.69) is 15.0 Å². The summed E-state index contributed by atoms with van der Waals surface area (Å²) in [6, 6.07) is 10.7. The third kappa shape index (κ3) is 3.66. The van der Waals surface area contributed by atoms with Crippen molar-refractivity contribution in [1.82, 2.24) is 15.0 Å². The highest BCUT2D eigenvalue weighted by atomic mass is 32.2. The highest BCUT2D eigenvalue weighted by Gasteiger charge is 2.22. The van der Waals surface area contributed by atoms with Gasteiger partial charge in [-0.15, -0.1) is 0 Å². The molecule has 3 rings (SSSR count). The number of nitrogens with zero attached hydrogens (tertiary/aromatic N) is 4. The second kappa shape index (κ2) is 6.98. The van der Waals surface area contributed by atoms with Crippen molar-refractivity contribution < 1.29 is 8.42 Å². The molecule has 0 aliphatic carbocycles. The van der Waals surface area contributed by atoms with Crippen LogP contribution in [-0.4, -0.2) is 37.5 Å². The Morgan fingerprint density at radius 1 is 0.960 bits per heavy atom. The Kier molecular flexibility index (Phi) is 4.76. The molecule has 0 spiro atoms. The minimum atomic E-state index is -3.70. The molecular formula is C18H18N4O2S. The highest BCUT2D eigenvalue weighted by molar-refractivity contribution is 7.91. The molecule has 0 aliphatic rings. The largest absolute Gasteiger partial charge is 0.347 e. The minimum Gasteiger partial charge on any atom is -0.347 e. The fourth-order valence-corrected chi connectivity index (χ4v) is 3.82. The molecule has 6 nitrogen and oxygen atoms in total. The van der Waals surface area contributed by atoms with E-state index in [1.54, 1.807) is 43.5 Å². The minimum absolute atomic E-state index is 0.0803. The van der Waals surface area contributed by atoms with Crippen molar-refractivity contribution >= 4 is 15.8 Å². The van der Waals surface area contributed by atoms with Gasteiger partial charge in [-0.1, -0.05) is 24.3 Å². The van der Waals surface area contributed by atoms with Crippen LogP contribution in [0.3, 0.4) is 0 Å². The van der Waals surface area contributed by atoms with Crippen molar-refractivity contribution in [3.63, 3.8) is 0 Å². The Labute approximate surface area is 147 Å². The zero-order valence-electron chi connectivity index (χ0n) is 14.0. The molecule has 7 heteroatoms. The van der Waals surface area contributed by atoms with E-state index in [1.165, 1.54) is 12.4 Å². The maximum atomic E-state index is 13.0. The summed E-state index contributed by atoms with van der Waals surface area (Å²) in [5.74, 6) is 0.461. The monoisotopic (exact) mass is 354 g/mol. The summed E-state index contributed by atoms with van der Waals surface area (Å²) in [4.78, 5) is 14.4. The van der Waals surface area contributed by atoms with E-state index in [1.807, 2.05) is 24.3 Å². The molecule has 1 aromatic carbocycles. The van der Waals surface area contributed by atoms with Gasteiger partial charge in [0.25, 0.3) is 0 Å². The van der Waals surface area contributed by atoms with E-state index in [-0.39, 0.29) is 9.79 Å². The molecule has 0 fully saturated rings. The number of aromatic nitrogens is 3. The third-order valence-electron chi connectivity index (χ3n) is 3.70. The molecule has 0 atom stereocenters. The van der Waals surface area contributed by atoms with Gasteiger partial charge < -0.3 is 4.90 Å². The van der Waals surface area contributed by atoms with Gasteiger partial charge in [0, 0.05) is 32.9 Å². The van der Waals surface area contributed by atoms with Crippen molar-refractivity contribution in [3.05, 3.63) is 72.3 Å². The molecule has 2 aromatic heterocycles. The van der Waals surface area contributed by atoms with Gasteiger partial charge in [-0.3, -0.25) is 4.98 Å². The van der Waals surface area contributed by atoms with E-state index in [0.29, 0.717) is 17.9 Å². The van der Waals surface area contributed by atoms with E-state index in [9.17, 15) is 8.42 Å². The highest BCUT2D eigenvalue weighted by Crippen LogP contribution is 2.25. The summed E-state index contributed by atoms with van der Waals surface area (Å²) in [6.07, 6.45) is 6.60. The van der Waals surface area contributed by atoms with Crippen LogP contribution in [0.1, 0.15) is 11.1 Å². The van der Waals surface area contributed by atoms with Gasteiger partial charge in [0.15, 0.2) is 0 Å². The van der Waals surface area contributed by atoms with Crippen molar-refractivity contribution in [3.8, 4) is 0 Å². The summed E-state index contributed by atoms with van der Waals surface area (Å²) in [6.45, 7) is 0. The fourth-order valence-electron chi connectivity index (χ4n) is 2.44. The molecule has 0 unspecified atom stereocenters. The Morgan fingerprint density at radius 2 is 1.68 bits per heavy atom. The first kappa shape index (κ1) is 17.0. The van der Waals surface area contributed by atoms with Crippen LogP contribution >= 0.6 is 0 Å². The number of rotatable bonds is 5. The molecular weight excluding hydrogens is 336 g/mol. The molecule has 0 N–H and O–H groups in total. The Morgan fingerprint density at radius 3 is 2.32 bits per heavy atom. The Balaban J connectivity index is 2.00. The van der Waals surface area contributed by atoms with E-state index in [0.717, 1.165) is 5.56 Å². The summed E-state index contributed by atoms with van der Waals surface area (Å²) in [5, 5.41) is 0. The Hall–Kier alpha value is -2.80. The first-order chi connectivity index (χ1) is 12.0. The lowest BCUT2D eigenvalue weighted by Gasteiger charge is -2.12. The zero-order chi connectivity index (χ0) is 17.9. The summed E-state index contributed by atoms with van der Waals surface area (Å²) in [5.41, 5.74) is 1.66. The Bertz CT molecular complexity index is 956. The standard InChI is InChI=1S/C18H18N4O2S/c1-22(2)18-20-12-16(13-21-18)25(23,24)17-8-4-3-7-15(17)10-14-6-5-9-19-11-14/h3-9,11-13H,10H2,1-2H3. The molecule has 0 amide bonds. The molecule has 3 aromatic rings. The second-order valence-electron chi connectivity index (χ2n) is 5.76. The van der Waals surface area contributed by atoms with Crippen molar-refractivity contribution in [2.45, 2.75) is 16.2 Å². The van der Waals surface area contributed by atoms with Crippen LogP contribution in [0.15, 0.2) is 71.0 Å². The lowest BCUT2D eigenvalue weighted by atomic mass is 10.1. The van der Waals surface area contributed by atoms with E-state index < -0.39 is 9.84 Å². The maximum absolute atomic E-state index is 13.0. The summed E-state index contributed by atoms with van der Waals surface area (Å²) in [7, 11) is -0.0995. The van der Waals surface area contributed by atoms with Gasteiger partial charge in [-0.2, -0.15) is 0 Å². The van der Waals surface area contributed by atoms with Crippen molar-refractivity contribution in [2.24, 2.45) is 0 Å². The molecule has 0 aliphatic heterocycles. The van der Waals surface area contributed by atoms with Crippen LogP contribution in [0, 0.1) is 0 Å². The lowest BCUT2D eigenvalue weighted by Crippen LogP contribution is -2.14. The van der Waals surface area contributed by atoms with Crippen LogP contribution in [0.5, 0.6) is 0 Å². The molecule has 0 bridgehead atoms. The summed E-state index contributed by atoms with van der Waals surface area (Å²) >= 11 is 0. The predicted octanol–water partition coefficient (Wildman–Crippen LogP) is 2.36. The molecule has 128 valence electrons. The average Bonchev–Trinajstić information content (AvgIpc) is 2.63. The second-order valence-corrected chi connectivity index (χ2v) is 7.68. The number of anilines is 1. The normalized spacial score (nSPS) is 11.3. The van der Waals surface area contributed by atoms with Gasteiger partial charge in [0.1, 0.15) is 4.90 Å². The van der Waals surface area contributed by atoms with Gasteiger partial charge in [0.05, 0.1) is 17.3 Å². The number of pyridine rings is 1. The average molecular weight is 354 g/mol. The maximum Gasteiger partial charge on any atom is 0.224 e. The van der Waals surface area contributed by atoms with E-state index >= 15 is 0 Å². The number of hydrogen-bond donors (Lipinski definition) is 0. The fraction of sp³-hybridized carbons (Fsp3) is 0.167. The predicted molar refractivity (Wildman–Crippen MR) is 95.3 cm³/mol. The lowest BCUT2D eigenvalue weighted by molar-refractivity contribution is 0.594. The van der Waals surface area contributed by atoms with Crippen molar-refractivity contribution in [1.29, 1.82) is 0 Å². The van der Waals surface area contributed by atoms with E-state index in [4.69, 9.17) is 0 Å². The molecule has 0 saturated carbocycles. The van der Waals surface area contributed by atoms with Crippen LogP contribution in [0.4, 0.5) is 5.95 Å². The molecule has 2 heterocycles. The SMILES string of the molecule is CN(C)c1ncc(S(=O)(=O)c2ccccc2Cc2cccnc2)cn1. The first-order valence-electron chi connectivity index (χ1n) is 7.70. The van der Waals surface area contributed by atoms with Crippen LogP contribution in [0.2, 0.25) is 0 Å². The van der Waals surface area contributed by atoms with Crippen LogP contribution < -0.4 is 4.90 Å². The van der Waals surface area contributed by atoms with Gasteiger partial charge in [0.2, 0.25) is 15.8 Å². The quantitative estimate of drug-likeness (QED) is 0.700. The van der Waals surface area contributed by atoms with Crippen LogP contribution in [-0.2, 0) is 16.3 Å².